The number of carbonyl (C=O) groups excluding carboxylic acids is 1. The van der Waals surface area contributed by atoms with Gasteiger partial charge in [0, 0.05) is 51.2 Å². The van der Waals surface area contributed by atoms with E-state index in [-0.39, 0.29) is 10.5 Å². The van der Waals surface area contributed by atoms with Crippen LogP contribution in [0.25, 0.3) is 11.0 Å². The van der Waals surface area contributed by atoms with Gasteiger partial charge in [0.2, 0.25) is 0 Å². The van der Waals surface area contributed by atoms with Gasteiger partial charge in [0.1, 0.15) is 18.8 Å². The number of amides is 1. The van der Waals surface area contributed by atoms with Crippen molar-refractivity contribution in [2.75, 3.05) is 38.2 Å². The molecule has 1 unspecified atom stereocenters. The first-order chi connectivity index (χ1) is 20.2. The van der Waals surface area contributed by atoms with E-state index in [1.54, 1.807) is 12.4 Å². The monoisotopic (exact) mass is 585 g/mol. The number of aliphatic imine (C=N–C) groups is 2. The fraction of sp³-hybridized carbons (Fsp3) is 0.367. The van der Waals surface area contributed by atoms with Crippen LogP contribution >= 0.6 is 0 Å². The molecule has 0 radical (unpaired) electrons. The molecule has 12 heteroatoms. The Balaban J connectivity index is 1.19. The number of nitrogens with one attached hydrogen (secondary N) is 1. The molecule has 42 heavy (non-hydrogen) atoms. The van der Waals surface area contributed by atoms with Crippen molar-refractivity contribution in [3.8, 4) is 0 Å². The first kappa shape index (κ1) is 28.2. The van der Waals surface area contributed by atoms with Crippen LogP contribution in [0.5, 0.6) is 0 Å². The van der Waals surface area contributed by atoms with Gasteiger partial charge in [-0.25, -0.2) is 4.98 Å². The number of rotatable bonds is 8. The summed E-state index contributed by atoms with van der Waals surface area (Å²) in [5.74, 6) is 2.03. The molecule has 2 aromatic carbocycles. The number of hydrogen-bond donors (Lipinski definition) is 1. The minimum atomic E-state index is -1.14. The Kier molecular flexibility index (Phi) is 7.62. The zero-order valence-electron chi connectivity index (χ0n) is 24.6. The highest BCUT2D eigenvalue weighted by Crippen LogP contribution is 2.32. The average molecular weight is 586 g/mol. The smallest absolute Gasteiger partial charge is 0.287 e. The third-order valence-corrected chi connectivity index (χ3v) is 9.30. The van der Waals surface area contributed by atoms with E-state index in [2.05, 4.69) is 34.5 Å². The highest BCUT2D eigenvalue weighted by atomic mass is 28.3. The lowest BCUT2D eigenvalue weighted by Gasteiger charge is -2.27. The van der Waals surface area contributed by atoms with Crippen LogP contribution in [0.4, 0.5) is 11.4 Å². The molecule has 218 valence electrons. The molecule has 1 N–H and O–H groups in total. The Hall–Kier alpha value is -3.97. The summed E-state index contributed by atoms with van der Waals surface area (Å²) in [6.07, 6.45) is 5.30. The molecular weight excluding hydrogens is 548 g/mol. The van der Waals surface area contributed by atoms with Gasteiger partial charge in [0.05, 0.1) is 30.4 Å². The van der Waals surface area contributed by atoms with Crippen LogP contribution in [0.2, 0.25) is 25.7 Å². The van der Waals surface area contributed by atoms with Crippen LogP contribution in [0.3, 0.4) is 0 Å². The summed E-state index contributed by atoms with van der Waals surface area (Å²) in [5.41, 5.74) is 4.22. The summed E-state index contributed by atoms with van der Waals surface area (Å²) in [4.78, 5) is 28.6. The molecule has 1 saturated heterocycles. The summed E-state index contributed by atoms with van der Waals surface area (Å²) < 4.78 is 13.5. The standard InChI is InChI=1S/C30H37N8O3Si/c1-22-32-26-19-24(7-10-27(26)37(22)21-41-17-18-42(2,3)4)33-30-34-28-20-31-11-14-38(28,35-30)25-8-5-23(6-9-25)29(39)36-12-15-40-16-13-36/h5-11,14,19-20H,12-13,15-18,21H2,1-4H3,(H,33,35)/q+1. The van der Waals surface area contributed by atoms with Crippen molar-refractivity contribution >= 4 is 54.4 Å². The van der Waals surface area contributed by atoms with Crippen LogP contribution in [0.15, 0.2) is 70.0 Å². The maximum Gasteiger partial charge on any atom is 0.287 e. The average Bonchev–Trinajstić information content (AvgIpc) is 3.51. The lowest BCUT2D eigenvalue weighted by atomic mass is 10.1. The topological polar surface area (TPSA) is 106 Å². The maximum atomic E-state index is 12.9. The van der Waals surface area contributed by atoms with E-state index in [1.807, 2.05) is 60.5 Å². The molecule has 1 atom stereocenters. The molecule has 3 aliphatic heterocycles. The highest BCUT2D eigenvalue weighted by molar-refractivity contribution is 6.76. The van der Waals surface area contributed by atoms with Crippen molar-refractivity contribution in [1.29, 1.82) is 0 Å². The Morgan fingerprint density at radius 1 is 1.12 bits per heavy atom. The van der Waals surface area contributed by atoms with Crippen molar-refractivity contribution in [2.45, 2.75) is 39.3 Å². The molecule has 0 bridgehead atoms. The Bertz CT molecular complexity index is 1610. The van der Waals surface area contributed by atoms with E-state index in [0.717, 1.165) is 40.9 Å². The number of aromatic nitrogens is 2. The molecule has 1 amide bonds. The van der Waals surface area contributed by atoms with Crippen LogP contribution in [0, 0.1) is 6.92 Å². The van der Waals surface area contributed by atoms with E-state index in [1.165, 1.54) is 0 Å². The summed E-state index contributed by atoms with van der Waals surface area (Å²) in [6.45, 7) is 12.7. The number of ether oxygens (including phenoxy) is 2. The fourth-order valence-electron chi connectivity index (χ4n) is 5.14. The normalized spacial score (nSPS) is 20.0. The van der Waals surface area contributed by atoms with Crippen molar-refractivity contribution in [1.82, 2.24) is 19.0 Å². The van der Waals surface area contributed by atoms with Crippen molar-refractivity contribution in [2.24, 2.45) is 15.1 Å². The van der Waals surface area contributed by atoms with Gasteiger partial charge in [-0.1, -0.05) is 24.2 Å². The first-order valence-corrected chi connectivity index (χ1v) is 18.0. The molecular formula is C30H37N8O3Si+. The number of hydrogen-bond acceptors (Lipinski definition) is 8. The number of amidine groups is 1. The van der Waals surface area contributed by atoms with E-state index < -0.39 is 8.07 Å². The molecule has 11 nitrogen and oxygen atoms in total. The number of quaternary nitrogens is 1. The molecule has 3 aliphatic rings. The number of guanidine groups is 1. The minimum Gasteiger partial charge on any atom is -0.378 e. The number of nitrogens with zero attached hydrogens (tertiary/aromatic N) is 7. The number of anilines is 1. The van der Waals surface area contributed by atoms with Crippen LogP contribution in [-0.2, 0) is 16.2 Å². The summed E-state index contributed by atoms with van der Waals surface area (Å²) in [7, 11) is -1.14. The van der Waals surface area contributed by atoms with Gasteiger partial charge >= 0.3 is 0 Å². The second kappa shape index (κ2) is 11.4. The molecule has 6 rings (SSSR count). The molecule has 0 saturated carbocycles. The number of morpholine rings is 1. The molecule has 4 heterocycles. The van der Waals surface area contributed by atoms with Crippen LogP contribution < -0.4 is 9.91 Å². The van der Waals surface area contributed by atoms with E-state index in [4.69, 9.17) is 24.6 Å². The Labute approximate surface area is 246 Å². The number of fused-ring (bicyclic) bond motifs is 2. The number of benzene rings is 2. The van der Waals surface area contributed by atoms with Crippen molar-refractivity contribution < 1.29 is 14.3 Å². The Morgan fingerprint density at radius 2 is 1.90 bits per heavy atom. The number of carbonyl (C=O) groups is 1. The lowest BCUT2D eigenvalue weighted by molar-refractivity contribution is 0.0303. The zero-order valence-corrected chi connectivity index (χ0v) is 25.6. The quantitative estimate of drug-likeness (QED) is 0.233. The van der Waals surface area contributed by atoms with Crippen LogP contribution in [-0.4, -0.2) is 79.4 Å². The van der Waals surface area contributed by atoms with Gasteiger partial charge in [-0.3, -0.25) is 9.79 Å². The molecule has 0 aliphatic carbocycles. The van der Waals surface area contributed by atoms with E-state index in [9.17, 15) is 4.79 Å². The van der Waals surface area contributed by atoms with Gasteiger partial charge in [-0.15, -0.1) is 0 Å². The SMILES string of the molecule is Cc1nc2cc(NC3=N[N+]4(c5ccc(C(=O)N6CCOCC6)cc5)C=CN=CC4=N3)ccc2n1COCC[Si](C)(C)C. The summed E-state index contributed by atoms with van der Waals surface area (Å²) >= 11 is 0. The lowest BCUT2D eigenvalue weighted by Crippen LogP contribution is -2.44. The van der Waals surface area contributed by atoms with E-state index in [0.29, 0.717) is 50.4 Å². The zero-order chi connectivity index (χ0) is 29.3. The minimum absolute atomic E-state index is 0.00738. The maximum absolute atomic E-state index is 12.9. The van der Waals surface area contributed by atoms with Crippen LogP contribution in [0.1, 0.15) is 16.2 Å². The predicted molar refractivity (Wildman–Crippen MR) is 170 cm³/mol. The molecule has 0 spiro atoms. The Morgan fingerprint density at radius 3 is 2.67 bits per heavy atom. The predicted octanol–water partition coefficient (Wildman–Crippen LogP) is 4.79. The molecule has 3 aromatic rings. The van der Waals surface area contributed by atoms with Gasteiger partial charge in [0.25, 0.3) is 17.7 Å². The van der Waals surface area contributed by atoms with Gasteiger partial charge in [0.15, 0.2) is 11.9 Å². The highest BCUT2D eigenvalue weighted by Gasteiger charge is 2.43. The number of imidazole rings is 1. The van der Waals surface area contributed by atoms with Crippen molar-refractivity contribution in [3.05, 3.63) is 66.3 Å². The van der Waals surface area contributed by atoms with E-state index >= 15 is 0 Å². The summed E-state index contributed by atoms with van der Waals surface area (Å²) in [5, 5.41) is 8.31. The van der Waals surface area contributed by atoms with Crippen molar-refractivity contribution in [3.63, 3.8) is 0 Å². The first-order valence-electron chi connectivity index (χ1n) is 14.3. The second-order valence-electron chi connectivity index (χ2n) is 11.9. The molecule has 1 fully saturated rings. The third kappa shape index (κ3) is 5.70. The molecule has 1 aromatic heterocycles. The van der Waals surface area contributed by atoms with Gasteiger partial charge < -0.3 is 24.3 Å². The largest absolute Gasteiger partial charge is 0.378 e. The number of aryl methyl sites for hydroxylation is 1. The summed E-state index contributed by atoms with van der Waals surface area (Å²) in [6, 6.07) is 14.7. The second-order valence-corrected chi connectivity index (χ2v) is 17.5. The fourth-order valence-corrected chi connectivity index (χ4v) is 5.90. The van der Waals surface area contributed by atoms with Gasteiger partial charge in [-0.05, 0) is 48.4 Å². The van der Waals surface area contributed by atoms with Gasteiger partial charge in [-0.2, -0.15) is 4.99 Å². The third-order valence-electron chi connectivity index (χ3n) is 7.60.